The molecule has 12 aromatic rings. The van der Waals surface area contributed by atoms with Gasteiger partial charge in [0.05, 0.1) is 11.0 Å². The van der Waals surface area contributed by atoms with Gasteiger partial charge in [-0.3, -0.25) is 4.57 Å². The first-order valence-electron chi connectivity index (χ1n) is 18.2. The highest BCUT2D eigenvalue weighted by molar-refractivity contribution is 6.39. The lowest BCUT2D eigenvalue weighted by Crippen LogP contribution is -2.06. The second-order valence-corrected chi connectivity index (χ2v) is 14.0. The lowest BCUT2D eigenvalue weighted by molar-refractivity contribution is 0.669. The van der Waals surface area contributed by atoms with Crippen molar-refractivity contribution in [3.63, 3.8) is 0 Å². The number of furan rings is 1. The number of hydrogen-bond donors (Lipinski definition) is 0. The zero-order chi connectivity index (χ0) is 35.3. The van der Waals surface area contributed by atoms with Gasteiger partial charge in [0, 0.05) is 38.1 Å². The Bertz CT molecular complexity index is 3380. The molecule has 5 heteroatoms. The maximum Gasteiger partial charge on any atom is 0.238 e. The molecular weight excluding hydrogens is 661 g/mol. The number of nitrogens with zero attached hydrogens (tertiary/aromatic N) is 4. The predicted molar refractivity (Wildman–Crippen MR) is 221 cm³/mol. The summed E-state index contributed by atoms with van der Waals surface area (Å²) in [5, 5.41) is 11.9. The van der Waals surface area contributed by atoms with Crippen LogP contribution < -0.4 is 0 Å². The minimum atomic E-state index is 0.589. The summed E-state index contributed by atoms with van der Waals surface area (Å²) in [5.41, 5.74) is 8.11. The maximum atomic E-state index is 6.31. The molecule has 0 radical (unpaired) electrons. The molecule has 0 unspecified atom stereocenters. The lowest BCUT2D eigenvalue weighted by Gasteiger charge is -2.13. The first-order valence-corrected chi connectivity index (χ1v) is 18.2. The Kier molecular flexibility index (Phi) is 5.99. The Morgan fingerprint density at radius 3 is 1.81 bits per heavy atom. The number of rotatable bonds is 4. The quantitative estimate of drug-likeness (QED) is 0.173. The van der Waals surface area contributed by atoms with Gasteiger partial charge in [0.2, 0.25) is 5.95 Å². The fraction of sp³-hybridized carbons (Fsp3) is 0. The summed E-state index contributed by atoms with van der Waals surface area (Å²) in [6.45, 7) is 0. The van der Waals surface area contributed by atoms with E-state index in [1.807, 2.05) is 48.5 Å². The van der Waals surface area contributed by atoms with E-state index < -0.39 is 0 Å². The molecule has 250 valence electrons. The number of fused-ring (bicyclic) bond motifs is 8. The molecule has 5 nitrogen and oxygen atoms in total. The summed E-state index contributed by atoms with van der Waals surface area (Å²) < 4.78 is 8.55. The largest absolute Gasteiger partial charge is 0.456 e. The topological polar surface area (TPSA) is 56.7 Å². The Balaban J connectivity index is 1.21. The van der Waals surface area contributed by atoms with E-state index in [2.05, 4.69) is 126 Å². The number of para-hydroxylation sites is 1. The van der Waals surface area contributed by atoms with Crippen LogP contribution in [0.3, 0.4) is 0 Å². The molecule has 12 rings (SSSR count). The summed E-state index contributed by atoms with van der Waals surface area (Å²) in [5.74, 6) is 1.86. The van der Waals surface area contributed by atoms with Crippen molar-refractivity contribution in [3.8, 4) is 39.9 Å². The molecule has 0 aliphatic heterocycles. The summed E-state index contributed by atoms with van der Waals surface area (Å²) in [4.78, 5) is 15.4. The molecule has 0 aliphatic rings. The van der Waals surface area contributed by atoms with Gasteiger partial charge in [-0.15, -0.1) is 0 Å². The van der Waals surface area contributed by atoms with Crippen LogP contribution in [-0.2, 0) is 0 Å². The molecule has 9 aromatic carbocycles. The van der Waals surface area contributed by atoms with Crippen molar-refractivity contribution in [1.29, 1.82) is 0 Å². The van der Waals surface area contributed by atoms with E-state index in [9.17, 15) is 0 Å². The first kappa shape index (κ1) is 29.2. The van der Waals surface area contributed by atoms with Crippen LogP contribution in [0.4, 0.5) is 0 Å². The molecule has 0 atom stereocenters. The third kappa shape index (κ3) is 4.12. The number of hydrogen-bond acceptors (Lipinski definition) is 4. The molecular formula is C49H28N4O. The van der Waals surface area contributed by atoms with Gasteiger partial charge < -0.3 is 4.42 Å². The van der Waals surface area contributed by atoms with Gasteiger partial charge in [-0.05, 0) is 68.4 Å². The molecule has 0 spiro atoms. The summed E-state index contributed by atoms with van der Waals surface area (Å²) in [6.07, 6.45) is 0. The Hall–Kier alpha value is -7.37. The van der Waals surface area contributed by atoms with Crippen LogP contribution in [0.1, 0.15) is 0 Å². The molecule has 0 saturated carbocycles. The van der Waals surface area contributed by atoms with Crippen molar-refractivity contribution in [1.82, 2.24) is 19.5 Å². The van der Waals surface area contributed by atoms with Crippen LogP contribution in [-0.4, -0.2) is 19.5 Å². The van der Waals surface area contributed by atoms with E-state index in [-0.39, 0.29) is 0 Å². The van der Waals surface area contributed by atoms with E-state index in [4.69, 9.17) is 19.4 Å². The molecule has 0 aliphatic carbocycles. The minimum Gasteiger partial charge on any atom is -0.456 e. The molecule has 54 heavy (non-hydrogen) atoms. The standard InChI is InChI=1S/C49H28N4O/c1-3-13-29(14-4-1)47-50-48(30-15-5-2-6-16-30)52-49(51-47)53-39-22-11-21-35-38-27-32(33-20-12-24-42-43(33)37-19-9-10-23-41(37)54-42)25-26-36(38)44-34-18-8-7-17-31(34)28-40(53)46(44)45(35)39/h1-28H. The van der Waals surface area contributed by atoms with E-state index in [1.54, 1.807) is 0 Å². The molecule has 0 saturated heterocycles. The SMILES string of the molecule is c1ccc(-c2nc(-c3ccccc3)nc(-n3c4cccc5c6cc(-c7cccc8oc9ccccc9c78)ccc6c6c7ccccc7cc3c6c54)n2)cc1. The van der Waals surface area contributed by atoms with Crippen molar-refractivity contribution in [2.75, 3.05) is 0 Å². The van der Waals surface area contributed by atoms with Crippen molar-refractivity contribution in [2.24, 2.45) is 0 Å². The summed E-state index contributed by atoms with van der Waals surface area (Å²) >= 11 is 0. The maximum absolute atomic E-state index is 6.31. The van der Waals surface area contributed by atoms with Crippen molar-refractivity contribution >= 4 is 76.1 Å². The second kappa shape index (κ2) is 11.1. The predicted octanol–water partition coefficient (Wildman–Crippen LogP) is 12.8. The van der Waals surface area contributed by atoms with Crippen molar-refractivity contribution in [3.05, 3.63) is 170 Å². The van der Waals surface area contributed by atoms with E-state index in [1.165, 1.54) is 37.7 Å². The zero-order valence-electron chi connectivity index (χ0n) is 28.9. The fourth-order valence-corrected chi connectivity index (χ4v) is 8.67. The highest BCUT2D eigenvalue weighted by Crippen LogP contribution is 2.47. The van der Waals surface area contributed by atoms with Gasteiger partial charge in [-0.1, -0.05) is 140 Å². The van der Waals surface area contributed by atoms with E-state index >= 15 is 0 Å². The molecule has 0 N–H and O–H groups in total. The smallest absolute Gasteiger partial charge is 0.238 e. The lowest BCUT2D eigenvalue weighted by atomic mass is 9.89. The van der Waals surface area contributed by atoms with Crippen LogP contribution in [0.2, 0.25) is 0 Å². The summed E-state index contributed by atoms with van der Waals surface area (Å²) in [6, 6.07) is 59.6. The molecule has 3 aromatic heterocycles. The van der Waals surface area contributed by atoms with Crippen LogP contribution in [0, 0.1) is 0 Å². The highest BCUT2D eigenvalue weighted by Gasteiger charge is 2.24. The normalized spacial score (nSPS) is 12.1. The van der Waals surface area contributed by atoms with Gasteiger partial charge in [0.15, 0.2) is 11.6 Å². The Labute approximate surface area is 308 Å². The summed E-state index contributed by atoms with van der Waals surface area (Å²) in [7, 11) is 0. The Morgan fingerprint density at radius 1 is 0.370 bits per heavy atom. The average Bonchev–Trinajstić information content (AvgIpc) is 3.79. The third-order valence-electron chi connectivity index (χ3n) is 11.0. The van der Waals surface area contributed by atoms with Crippen molar-refractivity contribution in [2.45, 2.75) is 0 Å². The van der Waals surface area contributed by atoms with Crippen molar-refractivity contribution < 1.29 is 4.42 Å². The molecule has 0 fully saturated rings. The van der Waals surface area contributed by atoms with Crippen LogP contribution in [0.5, 0.6) is 0 Å². The van der Waals surface area contributed by atoms with Crippen LogP contribution >= 0.6 is 0 Å². The van der Waals surface area contributed by atoms with Crippen LogP contribution in [0.15, 0.2) is 174 Å². The van der Waals surface area contributed by atoms with Crippen LogP contribution in [0.25, 0.3) is 116 Å². The highest BCUT2D eigenvalue weighted by atomic mass is 16.3. The zero-order valence-corrected chi connectivity index (χ0v) is 28.9. The van der Waals surface area contributed by atoms with Gasteiger partial charge in [-0.25, -0.2) is 4.98 Å². The van der Waals surface area contributed by atoms with Gasteiger partial charge in [-0.2, -0.15) is 9.97 Å². The molecule has 0 bridgehead atoms. The first-order chi connectivity index (χ1) is 26.8. The average molecular weight is 689 g/mol. The van der Waals surface area contributed by atoms with E-state index in [0.717, 1.165) is 60.6 Å². The second-order valence-electron chi connectivity index (χ2n) is 14.0. The Morgan fingerprint density at radius 2 is 1.02 bits per heavy atom. The molecule has 3 heterocycles. The van der Waals surface area contributed by atoms with Gasteiger partial charge in [0.25, 0.3) is 0 Å². The fourth-order valence-electron chi connectivity index (χ4n) is 8.67. The number of benzene rings is 9. The third-order valence-corrected chi connectivity index (χ3v) is 11.0. The number of aromatic nitrogens is 4. The van der Waals surface area contributed by atoms with Gasteiger partial charge in [0.1, 0.15) is 11.2 Å². The minimum absolute atomic E-state index is 0.589. The van der Waals surface area contributed by atoms with Gasteiger partial charge >= 0.3 is 0 Å². The van der Waals surface area contributed by atoms with E-state index in [0.29, 0.717) is 17.6 Å². The molecule has 0 amide bonds. The monoisotopic (exact) mass is 688 g/mol.